The zero-order valence-corrected chi connectivity index (χ0v) is 17.8. The van der Waals surface area contributed by atoms with Crippen molar-refractivity contribution in [2.45, 2.75) is 31.8 Å². The second kappa shape index (κ2) is 7.65. The predicted molar refractivity (Wildman–Crippen MR) is 114 cm³/mol. The first-order chi connectivity index (χ1) is 14.6. The molecule has 1 N–H and O–H groups in total. The maximum Gasteiger partial charge on any atom is 0.161 e. The summed E-state index contributed by atoms with van der Waals surface area (Å²) in [6.07, 6.45) is 5.11. The third-order valence-electron chi connectivity index (χ3n) is 5.92. The highest BCUT2D eigenvalue weighted by molar-refractivity contribution is 6.34. The molecule has 30 heavy (non-hydrogen) atoms. The van der Waals surface area contributed by atoms with Gasteiger partial charge in [-0.25, -0.2) is 4.52 Å². The van der Waals surface area contributed by atoms with E-state index in [4.69, 9.17) is 30.5 Å². The van der Waals surface area contributed by atoms with Crippen molar-refractivity contribution in [1.82, 2.24) is 14.9 Å². The Kier molecular flexibility index (Phi) is 4.97. The summed E-state index contributed by atoms with van der Waals surface area (Å²) in [5.41, 5.74) is 2.67. The van der Waals surface area contributed by atoms with Gasteiger partial charge in [0, 0.05) is 24.2 Å². The van der Waals surface area contributed by atoms with Crippen LogP contribution < -0.4 is 19.5 Å². The van der Waals surface area contributed by atoms with Crippen molar-refractivity contribution < 1.29 is 18.9 Å². The number of hydrogen-bond acceptors (Lipinski definition) is 6. The molecular weight excluding hydrogens is 406 g/mol. The molecular formula is C22H24ClN3O4. The van der Waals surface area contributed by atoms with E-state index in [0.717, 1.165) is 29.6 Å². The minimum atomic E-state index is -0.00179. The highest BCUT2D eigenvalue weighted by Gasteiger charge is 2.45. The molecule has 2 fully saturated rings. The van der Waals surface area contributed by atoms with Crippen LogP contribution in [0.3, 0.4) is 0 Å². The van der Waals surface area contributed by atoms with Gasteiger partial charge < -0.3 is 18.9 Å². The molecule has 0 spiro atoms. The molecule has 3 aromatic rings. The van der Waals surface area contributed by atoms with Crippen LogP contribution in [-0.4, -0.2) is 48.8 Å². The molecule has 1 aromatic carbocycles. The largest absolute Gasteiger partial charge is 0.493 e. The first kappa shape index (κ1) is 19.5. The molecule has 158 valence electrons. The highest BCUT2D eigenvalue weighted by atomic mass is 35.5. The summed E-state index contributed by atoms with van der Waals surface area (Å²) in [6.45, 7) is 2.97. The van der Waals surface area contributed by atoms with Gasteiger partial charge in [0.15, 0.2) is 11.5 Å². The number of methoxy groups -OCH3 is 2. The summed E-state index contributed by atoms with van der Waals surface area (Å²) >= 11 is 6.43. The average molecular weight is 430 g/mol. The van der Waals surface area contributed by atoms with Crippen LogP contribution >= 0.6 is 11.6 Å². The number of hydrogen-bond donors (Lipinski definition) is 1. The number of ether oxygens (including phenoxy) is 4. The number of benzene rings is 1. The van der Waals surface area contributed by atoms with Crippen molar-refractivity contribution in [3.05, 3.63) is 41.7 Å². The van der Waals surface area contributed by atoms with E-state index in [1.54, 1.807) is 24.9 Å². The third kappa shape index (κ3) is 3.47. The van der Waals surface area contributed by atoms with Gasteiger partial charge in [-0.15, -0.1) is 0 Å². The maximum absolute atomic E-state index is 6.44. The van der Waals surface area contributed by atoms with Crippen LogP contribution in [0.1, 0.15) is 13.3 Å². The van der Waals surface area contributed by atoms with E-state index < -0.39 is 0 Å². The second-order valence-electron chi connectivity index (χ2n) is 7.77. The zero-order chi connectivity index (χ0) is 20.8. The average Bonchev–Trinajstić information content (AvgIpc) is 3.46. The number of pyridine rings is 1. The van der Waals surface area contributed by atoms with Crippen molar-refractivity contribution in [3.63, 3.8) is 0 Å². The van der Waals surface area contributed by atoms with E-state index in [-0.39, 0.29) is 12.3 Å². The quantitative estimate of drug-likeness (QED) is 0.601. The van der Waals surface area contributed by atoms with Crippen LogP contribution in [0.2, 0.25) is 5.02 Å². The maximum atomic E-state index is 6.44. The number of rotatable bonds is 6. The lowest BCUT2D eigenvalue weighted by Crippen LogP contribution is -2.40. The van der Waals surface area contributed by atoms with Gasteiger partial charge >= 0.3 is 0 Å². The van der Waals surface area contributed by atoms with E-state index in [9.17, 15) is 0 Å². The lowest BCUT2D eigenvalue weighted by atomic mass is 9.94. The lowest BCUT2D eigenvalue weighted by Gasteiger charge is -2.27. The summed E-state index contributed by atoms with van der Waals surface area (Å²) in [5, 5.41) is 8.36. The topological polar surface area (TPSA) is 69.6 Å². The number of halogens is 1. The monoisotopic (exact) mass is 429 g/mol. The van der Waals surface area contributed by atoms with Crippen LogP contribution in [0.4, 0.5) is 0 Å². The third-order valence-corrected chi connectivity index (χ3v) is 6.20. The molecule has 2 saturated heterocycles. The Morgan fingerprint density at radius 3 is 2.73 bits per heavy atom. The van der Waals surface area contributed by atoms with Gasteiger partial charge in [-0.1, -0.05) is 17.7 Å². The van der Waals surface area contributed by atoms with Crippen molar-refractivity contribution in [3.8, 4) is 28.4 Å². The SMILES string of the molecule is COc1ccc(-c2cc(O[C@H](C)[C@H]3CNC4OC4C3)c3c(Cl)cnn3c2)cc1OC. The van der Waals surface area contributed by atoms with Gasteiger partial charge in [0.2, 0.25) is 0 Å². The fraction of sp³-hybridized carbons (Fsp3) is 0.409. The molecule has 0 bridgehead atoms. The Bertz CT molecular complexity index is 1090. The smallest absolute Gasteiger partial charge is 0.161 e. The Morgan fingerprint density at radius 1 is 1.17 bits per heavy atom. The van der Waals surface area contributed by atoms with Crippen molar-refractivity contribution in [2.75, 3.05) is 20.8 Å². The minimum Gasteiger partial charge on any atom is -0.493 e. The molecule has 4 atom stereocenters. The second-order valence-corrected chi connectivity index (χ2v) is 8.18. The first-order valence-electron chi connectivity index (χ1n) is 10.0. The van der Waals surface area contributed by atoms with E-state index >= 15 is 0 Å². The van der Waals surface area contributed by atoms with E-state index in [2.05, 4.69) is 17.3 Å². The molecule has 7 nitrogen and oxygen atoms in total. The Morgan fingerprint density at radius 2 is 1.97 bits per heavy atom. The lowest BCUT2D eigenvalue weighted by molar-refractivity contribution is 0.135. The van der Waals surface area contributed by atoms with E-state index in [1.165, 1.54) is 0 Å². The number of nitrogens with zero attached hydrogens (tertiary/aromatic N) is 2. The summed E-state index contributed by atoms with van der Waals surface area (Å²) in [7, 11) is 3.25. The molecule has 2 unspecified atom stereocenters. The number of fused-ring (bicyclic) bond motifs is 2. The van der Waals surface area contributed by atoms with Gasteiger partial charge in [0.25, 0.3) is 0 Å². The minimum absolute atomic E-state index is 0.00179. The zero-order valence-electron chi connectivity index (χ0n) is 17.1. The molecule has 0 saturated carbocycles. The van der Waals surface area contributed by atoms with Crippen LogP contribution in [-0.2, 0) is 4.74 Å². The summed E-state index contributed by atoms with van der Waals surface area (Å²) in [6, 6.07) is 7.81. The number of piperidine rings is 1. The first-order valence-corrected chi connectivity index (χ1v) is 10.4. The van der Waals surface area contributed by atoms with Crippen LogP contribution in [0.5, 0.6) is 17.2 Å². The van der Waals surface area contributed by atoms with Gasteiger partial charge in [-0.2, -0.15) is 5.10 Å². The van der Waals surface area contributed by atoms with Crippen molar-refractivity contribution >= 4 is 17.1 Å². The number of aromatic nitrogens is 2. The fourth-order valence-electron chi connectivity index (χ4n) is 4.12. The number of nitrogens with one attached hydrogen (secondary N) is 1. The molecule has 2 aliphatic rings. The van der Waals surface area contributed by atoms with Crippen LogP contribution in [0.25, 0.3) is 16.6 Å². The molecule has 8 heteroatoms. The highest BCUT2D eigenvalue weighted by Crippen LogP contribution is 2.38. The van der Waals surface area contributed by atoms with E-state index in [1.807, 2.05) is 30.5 Å². The number of epoxide rings is 1. The Balaban J connectivity index is 1.50. The molecule has 0 radical (unpaired) electrons. The Labute approximate surface area is 179 Å². The molecule has 2 aliphatic heterocycles. The molecule has 0 amide bonds. The van der Waals surface area contributed by atoms with Crippen LogP contribution in [0.15, 0.2) is 36.7 Å². The summed E-state index contributed by atoms with van der Waals surface area (Å²) < 4.78 is 24.6. The van der Waals surface area contributed by atoms with Gasteiger partial charge in [-0.05, 0) is 37.1 Å². The molecule has 0 aliphatic carbocycles. The summed E-state index contributed by atoms with van der Waals surface area (Å²) in [5.74, 6) is 2.41. The van der Waals surface area contributed by atoms with Gasteiger partial charge in [0.1, 0.15) is 23.6 Å². The predicted octanol–water partition coefficient (Wildman–Crippen LogP) is 3.77. The van der Waals surface area contributed by atoms with E-state index in [0.29, 0.717) is 34.3 Å². The fourth-order valence-corrected chi connectivity index (χ4v) is 4.34. The molecule has 4 heterocycles. The Hall–Kier alpha value is -2.48. The van der Waals surface area contributed by atoms with Crippen molar-refractivity contribution in [1.29, 1.82) is 0 Å². The van der Waals surface area contributed by atoms with Crippen molar-refractivity contribution in [2.24, 2.45) is 5.92 Å². The normalized spacial score (nSPS) is 23.7. The molecule has 2 aromatic heterocycles. The van der Waals surface area contributed by atoms with Gasteiger partial charge in [0.05, 0.1) is 31.5 Å². The summed E-state index contributed by atoms with van der Waals surface area (Å²) in [4.78, 5) is 0. The molecule has 5 rings (SSSR count). The van der Waals surface area contributed by atoms with Crippen LogP contribution in [0, 0.1) is 5.92 Å². The van der Waals surface area contributed by atoms with Gasteiger partial charge in [-0.3, -0.25) is 5.32 Å². The standard InChI is InChI=1S/C22H24ClN3O4/c1-12(14-7-20-22(30-20)24-9-14)29-19-8-15(11-26-21(19)16(23)10-25-26)13-4-5-17(27-2)18(6-13)28-3/h4-6,8,10-12,14,20,22,24H,7,9H2,1-3H3/t12-,14-,20?,22?/m1/s1.